The number of hydrogen-bond donors (Lipinski definition) is 3. The Bertz CT molecular complexity index is 593. The van der Waals surface area contributed by atoms with Gasteiger partial charge in [-0.15, -0.1) is 0 Å². The Morgan fingerprint density at radius 1 is 1.56 bits per heavy atom. The third-order valence-electron chi connectivity index (χ3n) is 2.71. The van der Waals surface area contributed by atoms with Crippen molar-refractivity contribution in [3.05, 3.63) is 43.7 Å². The summed E-state index contributed by atoms with van der Waals surface area (Å²) in [6, 6.07) is 0. The summed E-state index contributed by atoms with van der Waals surface area (Å²) in [6.07, 6.45) is -1.56. The van der Waals surface area contributed by atoms with E-state index >= 15 is 0 Å². The second-order valence-corrected chi connectivity index (χ2v) is 4.73. The highest BCUT2D eigenvalue weighted by atomic mass is 79.9. The predicted octanol–water partition coefficient (Wildman–Crippen LogP) is -0.894. The van der Waals surface area contributed by atoms with Crippen molar-refractivity contribution < 1.29 is 14.9 Å². The van der Waals surface area contributed by atoms with Gasteiger partial charge < -0.3 is 14.9 Å². The molecule has 98 valence electrons. The largest absolute Gasteiger partial charge is 0.394 e. The molecule has 0 aromatic carbocycles. The molecule has 1 fully saturated rings. The molecule has 0 radical (unpaired) electrons. The molecule has 2 heterocycles. The van der Waals surface area contributed by atoms with Gasteiger partial charge in [0.25, 0.3) is 5.56 Å². The van der Waals surface area contributed by atoms with Crippen molar-refractivity contribution in [3.63, 3.8) is 0 Å². The Kier molecular flexibility index (Phi) is 3.53. The first kappa shape index (κ1) is 13.2. The number of rotatable bonds is 2. The van der Waals surface area contributed by atoms with Crippen LogP contribution in [-0.2, 0) is 4.74 Å². The molecule has 0 saturated carbocycles. The summed E-state index contributed by atoms with van der Waals surface area (Å²) < 4.78 is 6.56. The third kappa shape index (κ3) is 2.07. The highest BCUT2D eigenvalue weighted by Crippen LogP contribution is 2.31. The van der Waals surface area contributed by atoms with Crippen LogP contribution in [0.1, 0.15) is 6.23 Å². The van der Waals surface area contributed by atoms with E-state index in [1.807, 2.05) is 0 Å². The molecule has 1 aromatic heterocycles. The van der Waals surface area contributed by atoms with Gasteiger partial charge in [-0.05, 0) is 15.9 Å². The van der Waals surface area contributed by atoms with Gasteiger partial charge in [0.05, 0.1) is 11.1 Å². The SMILES string of the molecule is C=C1C(O)[C@H](CO)O[C@@H]1n1cc(Br)c(=O)[nH]c1=O. The van der Waals surface area contributed by atoms with Gasteiger partial charge in [-0.3, -0.25) is 14.3 Å². The van der Waals surface area contributed by atoms with Crippen LogP contribution in [0.4, 0.5) is 0 Å². The number of nitrogens with zero attached hydrogens (tertiary/aromatic N) is 1. The van der Waals surface area contributed by atoms with Crippen LogP contribution in [0.2, 0.25) is 0 Å². The van der Waals surface area contributed by atoms with Gasteiger partial charge in [0, 0.05) is 11.8 Å². The molecule has 0 bridgehead atoms. The van der Waals surface area contributed by atoms with E-state index < -0.39 is 36.3 Å². The maximum atomic E-state index is 11.6. The van der Waals surface area contributed by atoms with Crippen LogP contribution >= 0.6 is 15.9 Å². The number of aromatic amines is 1. The minimum Gasteiger partial charge on any atom is -0.394 e. The number of H-pyrrole nitrogens is 1. The first-order valence-corrected chi connectivity index (χ1v) is 5.89. The van der Waals surface area contributed by atoms with Gasteiger partial charge in [0.1, 0.15) is 12.2 Å². The number of aliphatic hydroxyl groups excluding tert-OH is 2. The minimum atomic E-state index is -1.06. The first-order valence-electron chi connectivity index (χ1n) is 5.09. The molecule has 1 saturated heterocycles. The van der Waals surface area contributed by atoms with Gasteiger partial charge in [-0.2, -0.15) is 0 Å². The zero-order valence-corrected chi connectivity index (χ0v) is 10.8. The normalized spacial score (nSPS) is 27.7. The molecule has 1 aliphatic rings. The predicted molar refractivity (Wildman–Crippen MR) is 65.2 cm³/mol. The van der Waals surface area contributed by atoms with E-state index in [2.05, 4.69) is 27.5 Å². The van der Waals surface area contributed by atoms with Crippen LogP contribution in [0.15, 0.2) is 32.4 Å². The van der Waals surface area contributed by atoms with Crippen molar-refractivity contribution in [2.75, 3.05) is 6.61 Å². The molecule has 1 unspecified atom stereocenters. The second-order valence-electron chi connectivity index (χ2n) is 3.87. The monoisotopic (exact) mass is 318 g/mol. The molecule has 1 aromatic rings. The van der Waals surface area contributed by atoms with E-state index in [9.17, 15) is 14.7 Å². The molecule has 0 spiro atoms. The number of nitrogens with one attached hydrogen (secondary N) is 1. The number of aromatic nitrogens is 2. The number of hydrogen-bond acceptors (Lipinski definition) is 5. The summed E-state index contributed by atoms with van der Waals surface area (Å²) in [4.78, 5) is 24.9. The fourth-order valence-electron chi connectivity index (χ4n) is 1.73. The van der Waals surface area contributed by atoms with Crippen LogP contribution in [0.3, 0.4) is 0 Å². The quantitative estimate of drug-likeness (QED) is 0.613. The molecular formula is C10H11BrN2O5. The second kappa shape index (κ2) is 4.81. The summed E-state index contributed by atoms with van der Waals surface area (Å²) in [7, 11) is 0. The van der Waals surface area contributed by atoms with Crippen molar-refractivity contribution in [2.24, 2.45) is 0 Å². The van der Waals surface area contributed by atoms with E-state index in [1.165, 1.54) is 6.20 Å². The lowest BCUT2D eigenvalue weighted by molar-refractivity contribution is -0.0448. The molecule has 1 aliphatic heterocycles. The molecule has 8 heteroatoms. The zero-order valence-electron chi connectivity index (χ0n) is 9.17. The van der Waals surface area contributed by atoms with Crippen LogP contribution in [0, 0.1) is 0 Å². The number of halogens is 1. The Morgan fingerprint density at radius 3 is 2.78 bits per heavy atom. The van der Waals surface area contributed by atoms with Gasteiger partial charge in [0.15, 0.2) is 6.23 Å². The number of aliphatic hydroxyl groups is 2. The van der Waals surface area contributed by atoms with Crippen LogP contribution in [-0.4, -0.2) is 38.6 Å². The number of ether oxygens (including phenoxy) is 1. The maximum Gasteiger partial charge on any atom is 0.330 e. The smallest absolute Gasteiger partial charge is 0.330 e. The first-order chi connectivity index (χ1) is 8.45. The van der Waals surface area contributed by atoms with Crippen molar-refractivity contribution in [1.29, 1.82) is 0 Å². The lowest BCUT2D eigenvalue weighted by Gasteiger charge is -2.14. The summed E-state index contributed by atoms with van der Waals surface area (Å²) in [6.45, 7) is 3.24. The van der Waals surface area contributed by atoms with Crippen molar-refractivity contribution in [2.45, 2.75) is 18.4 Å². The van der Waals surface area contributed by atoms with Crippen LogP contribution < -0.4 is 11.2 Å². The van der Waals surface area contributed by atoms with Crippen LogP contribution in [0.25, 0.3) is 0 Å². The molecule has 18 heavy (non-hydrogen) atoms. The van der Waals surface area contributed by atoms with E-state index in [4.69, 9.17) is 9.84 Å². The van der Waals surface area contributed by atoms with E-state index in [1.54, 1.807) is 0 Å². The highest BCUT2D eigenvalue weighted by molar-refractivity contribution is 9.10. The van der Waals surface area contributed by atoms with E-state index in [0.717, 1.165) is 4.57 Å². The molecule has 0 aliphatic carbocycles. The van der Waals surface area contributed by atoms with Crippen molar-refractivity contribution >= 4 is 15.9 Å². The summed E-state index contributed by atoms with van der Waals surface area (Å²) in [5, 5.41) is 18.7. The zero-order chi connectivity index (χ0) is 13.4. The fraction of sp³-hybridized carbons (Fsp3) is 0.400. The fourth-order valence-corrected chi connectivity index (χ4v) is 2.05. The lowest BCUT2D eigenvalue weighted by atomic mass is 10.1. The lowest BCUT2D eigenvalue weighted by Crippen LogP contribution is -2.33. The highest BCUT2D eigenvalue weighted by Gasteiger charge is 2.38. The van der Waals surface area contributed by atoms with Crippen LogP contribution in [0.5, 0.6) is 0 Å². The Morgan fingerprint density at radius 2 is 2.22 bits per heavy atom. The molecule has 3 atom stereocenters. The summed E-state index contributed by atoms with van der Waals surface area (Å²) in [5.41, 5.74) is -0.991. The molecule has 7 nitrogen and oxygen atoms in total. The molecule has 0 amide bonds. The van der Waals surface area contributed by atoms with E-state index in [0.29, 0.717) is 0 Å². The standard InChI is InChI=1S/C10H11BrN2O5/c1-4-7(15)6(3-14)18-9(4)13-2-5(11)8(16)12-10(13)17/h2,6-7,9,14-15H,1,3H2,(H,12,16,17)/t6-,7?,9-/m0/s1. The summed E-state index contributed by atoms with van der Waals surface area (Å²) in [5.74, 6) is 0. The Hall–Kier alpha value is -1.22. The van der Waals surface area contributed by atoms with Gasteiger partial charge in [-0.1, -0.05) is 6.58 Å². The minimum absolute atomic E-state index is 0.153. The van der Waals surface area contributed by atoms with Crippen molar-refractivity contribution in [1.82, 2.24) is 9.55 Å². The third-order valence-corrected chi connectivity index (χ3v) is 3.27. The Labute approximate surface area is 109 Å². The molecular weight excluding hydrogens is 308 g/mol. The average Bonchev–Trinajstić information content (AvgIpc) is 2.61. The van der Waals surface area contributed by atoms with Gasteiger partial charge in [-0.25, -0.2) is 4.79 Å². The molecule has 2 rings (SSSR count). The van der Waals surface area contributed by atoms with Gasteiger partial charge >= 0.3 is 5.69 Å². The van der Waals surface area contributed by atoms with Crippen molar-refractivity contribution in [3.8, 4) is 0 Å². The maximum absolute atomic E-state index is 11.6. The topological polar surface area (TPSA) is 105 Å². The van der Waals surface area contributed by atoms with E-state index in [-0.39, 0.29) is 10.0 Å². The summed E-state index contributed by atoms with van der Waals surface area (Å²) >= 11 is 2.99. The Balaban J connectivity index is 2.45. The van der Waals surface area contributed by atoms with Gasteiger partial charge in [0.2, 0.25) is 0 Å². The molecule has 3 N–H and O–H groups in total. The average molecular weight is 319 g/mol.